The van der Waals surface area contributed by atoms with Gasteiger partial charge in [-0.25, -0.2) is 0 Å². The van der Waals surface area contributed by atoms with Gasteiger partial charge in [-0.3, -0.25) is 0 Å². The van der Waals surface area contributed by atoms with E-state index in [4.69, 9.17) is 0 Å². The predicted octanol–water partition coefficient (Wildman–Crippen LogP) is 15.5. The largest absolute Gasteiger partial charge is 0.310 e. The molecule has 1 heterocycles. The quantitative estimate of drug-likeness (QED) is 0.171. The van der Waals surface area contributed by atoms with Crippen molar-refractivity contribution in [3.63, 3.8) is 0 Å². The van der Waals surface area contributed by atoms with Crippen molar-refractivity contribution in [2.24, 2.45) is 0 Å². The van der Waals surface area contributed by atoms with Crippen LogP contribution in [-0.2, 0) is 5.41 Å². The molecule has 0 unspecified atom stereocenters. The van der Waals surface area contributed by atoms with E-state index in [1.807, 2.05) is 11.3 Å². The number of rotatable bonds is 5. The molecule has 0 amide bonds. The summed E-state index contributed by atoms with van der Waals surface area (Å²) in [5.74, 6) is 0. The van der Waals surface area contributed by atoms with Crippen LogP contribution < -0.4 is 4.90 Å². The van der Waals surface area contributed by atoms with E-state index >= 15 is 0 Å². The van der Waals surface area contributed by atoms with E-state index in [0.29, 0.717) is 0 Å². The monoisotopic (exact) mass is 719 g/mol. The number of anilines is 3. The number of hydrogen-bond acceptors (Lipinski definition) is 2. The zero-order valence-electron chi connectivity index (χ0n) is 30.8. The van der Waals surface area contributed by atoms with Crippen LogP contribution in [0, 0.1) is 0 Å². The van der Waals surface area contributed by atoms with Gasteiger partial charge in [0.15, 0.2) is 0 Å². The Hall–Kier alpha value is -6.48. The first-order valence-corrected chi connectivity index (χ1v) is 19.9. The lowest BCUT2D eigenvalue weighted by Gasteiger charge is -2.28. The first kappa shape index (κ1) is 32.0. The molecule has 1 nitrogen and oxygen atoms in total. The number of benzene rings is 9. The molecule has 0 radical (unpaired) electrons. The van der Waals surface area contributed by atoms with Gasteiger partial charge in [0.2, 0.25) is 0 Å². The molecule has 55 heavy (non-hydrogen) atoms. The average molecular weight is 720 g/mol. The third kappa shape index (κ3) is 5.06. The topological polar surface area (TPSA) is 3.24 Å². The first-order chi connectivity index (χ1) is 27.0. The summed E-state index contributed by atoms with van der Waals surface area (Å²) in [5, 5.41) is 7.73. The minimum Gasteiger partial charge on any atom is -0.310 e. The number of nitrogens with zero attached hydrogens (tertiary/aromatic N) is 1. The van der Waals surface area contributed by atoms with E-state index < -0.39 is 0 Å². The fourth-order valence-electron chi connectivity index (χ4n) is 9.11. The van der Waals surface area contributed by atoms with Gasteiger partial charge in [-0.15, -0.1) is 11.3 Å². The Bertz CT molecular complexity index is 3120. The second-order valence-electron chi connectivity index (χ2n) is 15.3. The van der Waals surface area contributed by atoms with Crippen molar-refractivity contribution in [3.05, 3.63) is 199 Å². The maximum atomic E-state index is 2.43. The Morgan fingerprint density at radius 1 is 0.364 bits per heavy atom. The standard InChI is InChI=1S/C53H37NS/c1-53(2)49-22-7-5-18-44(49)45-29-28-40(32-50(45)53)54(39-16-9-14-36(30-39)43-21-10-13-34-12-3-4-17-41(34)43)38-26-24-35(25-27-38)42-20-11-15-37-31-52-48(33-47(37)42)46-19-6-8-23-51(46)55-52/h3-33H,1-2H3. The van der Waals surface area contributed by atoms with Gasteiger partial charge in [0.25, 0.3) is 0 Å². The molecule has 0 bridgehead atoms. The van der Waals surface area contributed by atoms with Gasteiger partial charge in [-0.2, -0.15) is 0 Å². The van der Waals surface area contributed by atoms with E-state index in [2.05, 4.69) is 207 Å². The highest BCUT2D eigenvalue weighted by Crippen LogP contribution is 2.51. The molecule has 1 aliphatic rings. The summed E-state index contributed by atoms with van der Waals surface area (Å²) >= 11 is 1.88. The van der Waals surface area contributed by atoms with Gasteiger partial charge < -0.3 is 4.90 Å². The Kier molecular flexibility index (Phi) is 7.14. The first-order valence-electron chi connectivity index (χ1n) is 19.1. The third-order valence-electron chi connectivity index (χ3n) is 11.8. The molecule has 1 aromatic heterocycles. The van der Waals surface area contributed by atoms with Gasteiger partial charge in [-0.05, 0) is 121 Å². The summed E-state index contributed by atoms with van der Waals surface area (Å²) in [5.41, 5.74) is 13.6. The van der Waals surface area contributed by atoms with Crippen LogP contribution in [0.4, 0.5) is 17.1 Å². The Morgan fingerprint density at radius 3 is 1.87 bits per heavy atom. The summed E-state index contributed by atoms with van der Waals surface area (Å²) in [6, 6.07) is 69.7. The van der Waals surface area contributed by atoms with E-state index in [-0.39, 0.29) is 5.41 Å². The number of fused-ring (bicyclic) bond motifs is 8. The Labute approximate surface area is 325 Å². The van der Waals surface area contributed by atoms with Gasteiger partial charge in [0.1, 0.15) is 0 Å². The molecule has 260 valence electrons. The summed E-state index contributed by atoms with van der Waals surface area (Å²) in [6.07, 6.45) is 0. The van der Waals surface area contributed by atoms with Crippen LogP contribution in [0.25, 0.3) is 75.1 Å². The molecule has 0 aliphatic heterocycles. The molecular weight excluding hydrogens is 683 g/mol. The molecule has 10 aromatic rings. The molecule has 2 heteroatoms. The highest BCUT2D eigenvalue weighted by Gasteiger charge is 2.35. The third-order valence-corrected chi connectivity index (χ3v) is 13.0. The minimum absolute atomic E-state index is 0.101. The normalized spacial score (nSPS) is 13.1. The van der Waals surface area contributed by atoms with E-state index in [9.17, 15) is 0 Å². The van der Waals surface area contributed by atoms with Crippen LogP contribution >= 0.6 is 11.3 Å². The smallest absolute Gasteiger partial charge is 0.0467 e. The van der Waals surface area contributed by atoms with Crippen LogP contribution in [0.1, 0.15) is 25.0 Å². The summed E-state index contributed by atoms with van der Waals surface area (Å²) < 4.78 is 2.67. The molecule has 0 atom stereocenters. The summed E-state index contributed by atoms with van der Waals surface area (Å²) in [7, 11) is 0. The molecule has 0 saturated carbocycles. The van der Waals surface area contributed by atoms with E-state index in [0.717, 1.165) is 17.1 Å². The lowest BCUT2D eigenvalue weighted by Crippen LogP contribution is -2.16. The van der Waals surface area contributed by atoms with Crippen LogP contribution in [-0.4, -0.2) is 0 Å². The Morgan fingerprint density at radius 2 is 1.00 bits per heavy atom. The highest BCUT2D eigenvalue weighted by atomic mass is 32.1. The number of thiophene rings is 1. The van der Waals surface area contributed by atoms with Crippen LogP contribution in [0.2, 0.25) is 0 Å². The van der Waals surface area contributed by atoms with Crippen LogP contribution in [0.3, 0.4) is 0 Å². The molecular formula is C53H37NS. The summed E-state index contributed by atoms with van der Waals surface area (Å²) in [6.45, 7) is 4.72. The molecule has 0 N–H and O–H groups in total. The Balaban J connectivity index is 1.06. The van der Waals surface area contributed by atoms with Crippen molar-refractivity contribution in [3.8, 4) is 33.4 Å². The van der Waals surface area contributed by atoms with E-state index in [1.54, 1.807) is 0 Å². The van der Waals surface area contributed by atoms with Crippen molar-refractivity contribution in [2.75, 3.05) is 4.90 Å². The van der Waals surface area contributed by atoms with Crippen molar-refractivity contribution < 1.29 is 0 Å². The van der Waals surface area contributed by atoms with Gasteiger partial charge in [0, 0.05) is 42.6 Å². The van der Waals surface area contributed by atoms with E-state index in [1.165, 1.54) is 86.2 Å². The van der Waals surface area contributed by atoms with Crippen LogP contribution in [0.15, 0.2) is 188 Å². The zero-order chi connectivity index (χ0) is 36.7. The average Bonchev–Trinajstić information content (AvgIpc) is 3.71. The molecule has 0 spiro atoms. The van der Waals surface area contributed by atoms with Crippen LogP contribution in [0.5, 0.6) is 0 Å². The van der Waals surface area contributed by atoms with Crippen molar-refractivity contribution in [2.45, 2.75) is 19.3 Å². The second-order valence-corrected chi connectivity index (χ2v) is 16.4. The van der Waals surface area contributed by atoms with Gasteiger partial charge in [-0.1, -0.05) is 147 Å². The minimum atomic E-state index is -0.101. The lowest BCUT2D eigenvalue weighted by atomic mass is 9.82. The summed E-state index contributed by atoms with van der Waals surface area (Å²) in [4.78, 5) is 2.43. The highest BCUT2D eigenvalue weighted by molar-refractivity contribution is 7.25. The van der Waals surface area contributed by atoms with Gasteiger partial charge >= 0.3 is 0 Å². The maximum absolute atomic E-state index is 2.43. The second kappa shape index (κ2) is 12.3. The lowest BCUT2D eigenvalue weighted by molar-refractivity contribution is 0.660. The molecule has 0 fully saturated rings. The van der Waals surface area contributed by atoms with Crippen molar-refractivity contribution in [1.82, 2.24) is 0 Å². The molecule has 9 aromatic carbocycles. The van der Waals surface area contributed by atoms with Crippen molar-refractivity contribution in [1.29, 1.82) is 0 Å². The maximum Gasteiger partial charge on any atom is 0.0467 e. The molecule has 11 rings (SSSR count). The fourth-order valence-corrected chi connectivity index (χ4v) is 10.2. The van der Waals surface area contributed by atoms with Gasteiger partial charge in [0.05, 0.1) is 0 Å². The fraction of sp³-hybridized carbons (Fsp3) is 0.0566. The SMILES string of the molecule is CC1(C)c2ccccc2-c2ccc(N(c3ccc(-c4cccc5cc6sc7ccccc7c6cc45)cc3)c3cccc(-c4cccc5ccccc45)c3)cc21. The number of hydrogen-bond donors (Lipinski definition) is 0. The molecule has 0 saturated heterocycles. The molecule has 1 aliphatic carbocycles. The zero-order valence-corrected chi connectivity index (χ0v) is 31.6. The van der Waals surface area contributed by atoms with Crippen molar-refractivity contribution >= 4 is 70.1 Å². The predicted molar refractivity (Wildman–Crippen MR) is 237 cm³/mol.